The number of halogens is 3. The lowest BCUT2D eigenvalue weighted by molar-refractivity contribution is -0.274. The average Bonchev–Trinajstić information content (AvgIpc) is 2.96. The number of ether oxygens (including phenoxy) is 1. The molecule has 0 spiro atoms. The van der Waals surface area contributed by atoms with Gasteiger partial charge in [-0.2, -0.15) is 0 Å². The number of nitrogens with one attached hydrogen (secondary N) is 1. The molecule has 2 aromatic carbocycles. The lowest BCUT2D eigenvalue weighted by Crippen LogP contribution is -2.17. The first-order valence-electron chi connectivity index (χ1n) is 7.27. The van der Waals surface area contributed by atoms with E-state index in [1.807, 2.05) is 0 Å². The Labute approximate surface area is 141 Å². The van der Waals surface area contributed by atoms with Crippen LogP contribution >= 0.6 is 0 Å². The first-order chi connectivity index (χ1) is 11.7. The van der Waals surface area contributed by atoms with Gasteiger partial charge in [0.1, 0.15) is 11.6 Å². The number of imidazole rings is 1. The van der Waals surface area contributed by atoms with Crippen molar-refractivity contribution in [3.63, 3.8) is 0 Å². The number of alkyl halides is 3. The Morgan fingerprint density at radius 3 is 2.56 bits per heavy atom. The Kier molecular flexibility index (Phi) is 4.19. The van der Waals surface area contributed by atoms with Gasteiger partial charge in [0.05, 0.1) is 27.2 Å². The van der Waals surface area contributed by atoms with Crippen LogP contribution in [0.1, 0.15) is 6.92 Å². The highest BCUT2D eigenvalue weighted by molar-refractivity contribution is 7.91. The molecule has 0 saturated heterocycles. The van der Waals surface area contributed by atoms with E-state index < -0.39 is 21.9 Å². The van der Waals surface area contributed by atoms with Gasteiger partial charge >= 0.3 is 6.36 Å². The molecule has 0 aliphatic rings. The van der Waals surface area contributed by atoms with Crippen molar-refractivity contribution in [2.45, 2.75) is 18.2 Å². The summed E-state index contributed by atoms with van der Waals surface area (Å²) in [7, 11) is -3.40. The van der Waals surface area contributed by atoms with Crippen LogP contribution in [0.5, 0.6) is 5.75 Å². The Morgan fingerprint density at radius 1 is 1.16 bits per heavy atom. The fraction of sp³-hybridized carbons (Fsp3) is 0.188. The Balaban J connectivity index is 2.09. The highest BCUT2D eigenvalue weighted by atomic mass is 32.2. The maximum atomic E-state index is 12.5. The summed E-state index contributed by atoms with van der Waals surface area (Å²) in [5, 5.41) is 0. The normalized spacial score (nSPS) is 12.5. The number of hydrogen-bond donors (Lipinski definition) is 1. The van der Waals surface area contributed by atoms with Crippen molar-refractivity contribution >= 4 is 20.9 Å². The average molecular weight is 370 g/mol. The maximum Gasteiger partial charge on any atom is 0.573 e. The van der Waals surface area contributed by atoms with Gasteiger partial charge in [-0.1, -0.05) is 19.1 Å². The molecule has 0 radical (unpaired) electrons. The largest absolute Gasteiger partial charge is 0.573 e. The van der Waals surface area contributed by atoms with Gasteiger partial charge in [0.25, 0.3) is 0 Å². The third-order valence-electron chi connectivity index (χ3n) is 3.56. The van der Waals surface area contributed by atoms with Gasteiger partial charge < -0.3 is 9.72 Å². The number of aromatic nitrogens is 2. The molecule has 1 N–H and O–H groups in total. The molecule has 0 saturated carbocycles. The van der Waals surface area contributed by atoms with E-state index >= 15 is 0 Å². The van der Waals surface area contributed by atoms with Crippen molar-refractivity contribution in [2.75, 3.05) is 5.75 Å². The van der Waals surface area contributed by atoms with Crippen molar-refractivity contribution in [3.8, 4) is 17.1 Å². The summed E-state index contributed by atoms with van der Waals surface area (Å²) in [6, 6.07) is 9.93. The van der Waals surface area contributed by atoms with Crippen LogP contribution in [-0.4, -0.2) is 30.5 Å². The fourth-order valence-electron chi connectivity index (χ4n) is 2.35. The second-order valence-electron chi connectivity index (χ2n) is 5.21. The third kappa shape index (κ3) is 3.60. The summed E-state index contributed by atoms with van der Waals surface area (Å²) in [6.45, 7) is 1.53. The Morgan fingerprint density at radius 2 is 1.88 bits per heavy atom. The lowest BCUT2D eigenvalue weighted by atomic mass is 10.2. The van der Waals surface area contributed by atoms with Crippen molar-refractivity contribution in [3.05, 3.63) is 42.5 Å². The number of benzene rings is 2. The molecule has 0 amide bonds. The van der Waals surface area contributed by atoms with Crippen LogP contribution in [0.4, 0.5) is 13.2 Å². The summed E-state index contributed by atoms with van der Waals surface area (Å²) in [4.78, 5) is 7.20. The van der Waals surface area contributed by atoms with Gasteiger partial charge in [-0.3, -0.25) is 0 Å². The highest BCUT2D eigenvalue weighted by Gasteiger charge is 2.32. The van der Waals surface area contributed by atoms with Crippen LogP contribution in [0.2, 0.25) is 0 Å². The zero-order valence-corrected chi connectivity index (χ0v) is 13.8. The molecule has 0 fully saturated rings. The first kappa shape index (κ1) is 17.3. The van der Waals surface area contributed by atoms with Gasteiger partial charge in [0, 0.05) is 0 Å². The molecule has 3 aromatic rings. The number of para-hydroxylation sites is 1. The topological polar surface area (TPSA) is 72.1 Å². The predicted octanol–water partition coefficient (Wildman–Crippen LogP) is 3.92. The zero-order valence-electron chi connectivity index (χ0n) is 13.0. The van der Waals surface area contributed by atoms with Crippen LogP contribution in [0.25, 0.3) is 22.4 Å². The fourth-order valence-corrected chi connectivity index (χ4v) is 3.26. The van der Waals surface area contributed by atoms with E-state index in [4.69, 9.17) is 0 Å². The van der Waals surface area contributed by atoms with E-state index in [0.717, 1.165) is 0 Å². The molecule has 1 heterocycles. The Hall–Kier alpha value is -2.55. The molecule has 3 rings (SSSR count). The van der Waals surface area contributed by atoms with Crippen LogP contribution in [-0.2, 0) is 9.84 Å². The van der Waals surface area contributed by atoms with E-state index in [0.29, 0.717) is 11.0 Å². The summed E-state index contributed by atoms with van der Waals surface area (Å²) in [5.74, 6) is -0.293. The van der Waals surface area contributed by atoms with E-state index in [1.54, 1.807) is 6.07 Å². The van der Waals surface area contributed by atoms with E-state index in [2.05, 4.69) is 14.7 Å². The number of rotatable bonds is 4. The summed E-state index contributed by atoms with van der Waals surface area (Å²) < 4.78 is 65.6. The summed E-state index contributed by atoms with van der Waals surface area (Å²) in [5.41, 5.74) is 0.967. The standard InChI is InChI=1S/C16H13F3N2O3S/c1-2-25(22,23)10-7-8-12-13(9-10)21-15(20-12)11-5-3-4-6-14(11)24-16(17,18)19/h3-9H,2H2,1H3,(H,20,21). The molecule has 1 aromatic heterocycles. The van der Waals surface area contributed by atoms with Gasteiger partial charge in [0.2, 0.25) is 0 Å². The number of sulfone groups is 1. The molecular formula is C16H13F3N2O3S. The van der Waals surface area contributed by atoms with Gasteiger partial charge in [-0.05, 0) is 30.3 Å². The minimum absolute atomic E-state index is 0.0538. The van der Waals surface area contributed by atoms with Gasteiger partial charge in [0.15, 0.2) is 9.84 Å². The molecule has 0 unspecified atom stereocenters. The van der Waals surface area contributed by atoms with Crippen molar-refractivity contribution < 1.29 is 26.3 Å². The second-order valence-corrected chi connectivity index (χ2v) is 7.49. The van der Waals surface area contributed by atoms with Crippen LogP contribution in [0, 0.1) is 0 Å². The molecule has 9 heteroatoms. The second kappa shape index (κ2) is 6.07. The van der Waals surface area contributed by atoms with Crippen molar-refractivity contribution in [1.29, 1.82) is 0 Å². The number of nitrogens with zero attached hydrogens (tertiary/aromatic N) is 1. The molecule has 0 aliphatic heterocycles. The molecular weight excluding hydrogens is 357 g/mol. The maximum absolute atomic E-state index is 12.5. The molecule has 0 bridgehead atoms. The molecule has 0 atom stereocenters. The molecule has 25 heavy (non-hydrogen) atoms. The van der Waals surface area contributed by atoms with E-state index in [9.17, 15) is 21.6 Å². The summed E-state index contributed by atoms with van der Waals surface area (Å²) >= 11 is 0. The smallest absolute Gasteiger partial charge is 0.405 e. The van der Waals surface area contributed by atoms with E-state index in [1.165, 1.54) is 43.3 Å². The first-order valence-corrected chi connectivity index (χ1v) is 8.92. The minimum Gasteiger partial charge on any atom is -0.405 e. The quantitative estimate of drug-likeness (QED) is 0.756. The van der Waals surface area contributed by atoms with Crippen LogP contribution in [0.3, 0.4) is 0 Å². The molecule has 5 nitrogen and oxygen atoms in total. The molecule has 132 valence electrons. The number of fused-ring (bicyclic) bond motifs is 1. The van der Waals surface area contributed by atoms with Gasteiger partial charge in [-0.25, -0.2) is 13.4 Å². The van der Waals surface area contributed by atoms with Crippen molar-refractivity contribution in [1.82, 2.24) is 9.97 Å². The summed E-state index contributed by atoms with van der Waals surface area (Å²) in [6.07, 6.45) is -4.83. The van der Waals surface area contributed by atoms with Gasteiger partial charge in [-0.15, -0.1) is 13.2 Å². The third-order valence-corrected chi connectivity index (χ3v) is 5.29. The predicted molar refractivity (Wildman–Crippen MR) is 85.9 cm³/mol. The number of aromatic amines is 1. The molecule has 0 aliphatic carbocycles. The highest BCUT2D eigenvalue weighted by Crippen LogP contribution is 2.33. The number of hydrogen-bond acceptors (Lipinski definition) is 4. The Bertz CT molecular complexity index is 1030. The number of H-pyrrole nitrogens is 1. The SMILES string of the molecule is CCS(=O)(=O)c1ccc2nc(-c3ccccc3OC(F)(F)F)[nH]c2c1. The minimum atomic E-state index is -4.83. The van der Waals surface area contributed by atoms with Crippen LogP contribution in [0.15, 0.2) is 47.4 Å². The van der Waals surface area contributed by atoms with Crippen molar-refractivity contribution in [2.24, 2.45) is 0 Å². The zero-order chi connectivity index (χ0) is 18.2. The lowest BCUT2D eigenvalue weighted by Gasteiger charge is -2.11. The van der Waals surface area contributed by atoms with Crippen LogP contribution < -0.4 is 4.74 Å². The monoisotopic (exact) mass is 370 g/mol. The van der Waals surface area contributed by atoms with E-state index in [-0.39, 0.29) is 22.0 Å².